The number of likely N-dealkylation sites (N-methyl/N-ethyl adjacent to an activating group) is 1. The van der Waals surface area contributed by atoms with Crippen LogP contribution >= 0.6 is 0 Å². The number of hydrogen-bond donors (Lipinski definition) is 1. The van der Waals surface area contributed by atoms with Gasteiger partial charge in [-0.3, -0.25) is 19.2 Å². The third-order valence-electron chi connectivity index (χ3n) is 11.4. The summed E-state index contributed by atoms with van der Waals surface area (Å²) in [6.45, 7) is 13.4. The van der Waals surface area contributed by atoms with Crippen molar-refractivity contribution < 1.29 is 33.8 Å². The van der Waals surface area contributed by atoms with E-state index < -0.39 is 53.7 Å². The van der Waals surface area contributed by atoms with Crippen molar-refractivity contribution >= 4 is 23.7 Å². The molecule has 1 unspecified atom stereocenters. The van der Waals surface area contributed by atoms with Crippen LogP contribution in [0, 0.1) is 11.8 Å². The van der Waals surface area contributed by atoms with Gasteiger partial charge in [0.25, 0.3) is 0 Å². The number of carbonyl (C=O) groups is 4. The maximum absolute atomic E-state index is 14.9. The largest absolute Gasteiger partial charge is 0.455 e. The molecule has 3 saturated heterocycles. The van der Waals surface area contributed by atoms with E-state index in [1.165, 1.54) is 4.90 Å². The number of carbonyl (C=O) groups excluding carboxylic acids is 4. The molecule has 10 nitrogen and oxygen atoms in total. The van der Waals surface area contributed by atoms with Crippen molar-refractivity contribution in [3.63, 3.8) is 0 Å². The van der Waals surface area contributed by atoms with Crippen molar-refractivity contribution in [1.82, 2.24) is 14.7 Å². The van der Waals surface area contributed by atoms with Crippen molar-refractivity contribution in [1.29, 1.82) is 0 Å². The lowest BCUT2D eigenvalue weighted by atomic mass is 9.70. The summed E-state index contributed by atoms with van der Waals surface area (Å²) < 4.78 is 13.1. The Balaban J connectivity index is 1.53. The van der Waals surface area contributed by atoms with Crippen molar-refractivity contribution in [3.8, 4) is 0 Å². The molecular weight excluding hydrogens is 658 g/mol. The zero-order valence-electron chi connectivity index (χ0n) is 31.1. The molecule has 280 valence electrons. The van der Waals surface area contributed by atoms with Gasteiger partial charge in [-0.05, 0) is 57.1 Å². The van der Waals surface area contributed by atoms with E-state index in [0.717, 1.165) is 18.4 Å². The number of nitrogens with zero attached hydrogens (tertiary/aromatic N) is 3. The van der Waals surface area contributed by atoms with Gasteiger partial charge >= 0.3 is 5.97 Å². The van der Waals surface area contributed by atoms with Gasteiger partial charge < -0.3 is 29.3 Å². The number of esters is 1. The minimum absolute atomic E-state index is 0.107. The first kappa shape index (κ1) is 38.9. The molecule has 2 bridgehead atoms. The molecule has 5 rings (SSSR count). The van der Waals surface area contributed by atoms with E-state index in [2.05, 4.69) is 20.1 Å². The summed E-state index contributed by atoms with van der Waals surface area (Å²) in [6, 6.07) is 16.4. The van der Waals surface area contributed by atoms with Crippen LogP contribution in [-0.2, 0) is 35.1 Å². The average molecular weight is 714 g/mol. The van der Waals surface area contributed by atoms with Crippen molar-refractivity contribution in [2.24, 2.45) is 11.8 Å². The van der Waals surface area contributed by atoms with Gasteiger partial charge in [0, 0.05) is 26.1 Å². The van der Waals surface area contributed by atoms with Gasteiger partial charge in [-0.15, -0.1) is 13.2 Å². The Labute approximate surface area is 308 Å². The number of aliphatic hydroxyl groups is 1. The van der Waals surface area contributed by atoms with Gasteiger partial charge in [-0.1, -0.05) is 86.2 Å². The quantitative estimate of drug-likeness (QED) is 0.165. The minimum Gasteiger partial charge on any atom is -0.455 e. The summed E-state index contributed by atoms with van der Waals surface area (Å²) >= 11 is 0. The topological polar surface area (TPSA) is 117 Å². The molecule has 3 amide bonds. The van der Waals surface area contributed by atoms with Crippen molar-refractivity contribution in [2.45, 2.75) is 108 Å². The molecule has 3 aliphatic heterocycles. The van der Waals surface area contributed by atoms with E-state index >= 15 is 0 Å². The molecule has 2 aromatic rings. The molecular formula is C42H55N3O7. The average Bonchev–Trinajstić information content (AvgIpc) is 3.81. The summed E-state index contributed by atoms with van der Waals surface area (Å²) in [4.78, 5) is 62.4. The number of rotatable bonds is 18. The predicted octanol–water partition coefficient (Wildman–Crippen LogP) is 5.27. The molecule has 52 heavy (non-hydrogen) atoms. The molecule has 0 aliphatic carbocycles. The number of amides is 3. The second-order valence-electron chi connectivity index (χ2n) is 14.6. The maximum Gasteiger partial charge on any atom is 0.313 e. The van der Waals surface area contributed by atoms with Crippen LogP contribution in [0.5, 0.6) is 0 Å². The highest BCUT2D eigenvalue weighted by Crippen LogP contribution is 2.59. The monoisotopic (exact) mass is 713 g/mol. The molecule has 0 aromatic heterocycles. The Morgan fingerprint density at radius 3 is 2.37 bits per heavy atom. The van der Waals surface area contributed by atoms with Crippen LogP contribution in [0.2, 0.25) is 0 Å². The molecule has 3 heterocycles. The Morgan fingerprint density at radius 2 is 1.75 bits per heavy atom. The molecule has 9 atom stereocenters. The first-order chi connectivity index (χ1) is 25.0. The van der Waals surface area contributed by atoms with Gasteiger partial charge in [0.1, 0.15) is 17.7 Å². The molecule has 1 N–H and O–H groups in total. The summed E-state index contributed by atoms with van der Waals surface area (Å²) in [5, 5.41) is 10.9. The lowest BCUT2D eigenvalue weighted by Crippen LogP contribution is -2.60. The van der Waals surface area contributed by atoms with E-state index in [4.69, 9.17) is 9.47 Å². The molecule has 0 radical (unpaired) electrons. The van der Waals surface area contributed by atoms with Gasteiger partial charge in [0.15, 0.2) is 0 Å². The minimum atomic E-state index is -1.27. The number of benzene rings is 2. The fourth-order valence-corrected chi connectivity index (χ4v) is 8.65. The van der Waals surface area contributed by atoms with Crippen LogP contribution in [0.25, 0.3) is 0 Å². The highest BCUT2D eigenvalue weighted by atomic mass is 16.6. The number of ether oxygens (including phenoxy) is 2. The summed E-state index contributed by atoms with van der Waals surface area (Å²) in [5.41, 5.74) is 0.347. The molecule has 0 saturated carbocycles. The first-order valence-electron chi connectivity index (χ1n) is 18.7. The second-order valence-corrected chi connectivity index (χ2v) is 14.6. The fourth-order valence-electron chi connectivity index (χ4n) is 8.65. The van der Waals surface area contributed by atoms with Crippen molar-refractivity contribution in [2.75, 3.05) is 20.2 Å². The highest BCUT2D eigenvalue weighted by Gasteiger charge is 2.75. The summed E-state index contributed by atoms with van der Waals surface area (Å²) in [7, 11) is 1.69. The SMILES string of the molecule is C=CCCC(=O)N(C)[C@H](C)[C@H](OC(=O)[C@@H]1[C@@H]2CC[C@]3(O2)[C@H](C(=O)N(CC=C)C(C)CCC)N([C@@H](CO)Cc2ccccc2)C(=O)[C@@H]13)c1ccccc1. The molecule has 10 heteroatoms. The fraction of sp³-hybridized carbons (Fsp3) is 0.524. The zero-order chi connectivity index (χ0) is 37.6. The summed E-state index contributed by atoms with van der Waals surface area (Å²) in [6.07, 6.45) is 5.55. The van der Waals surface area contributed by atoms with Gasteiger partial charge in [-0.2, -0.15) is 0 Å². The Morgan fingerprint density at radius 1 is 1.08 bits per heavy atom. The van der Waals surface area contributed by atoms with Gasteiger partial charge in [0.05, 0.1) is 36.6 Å². The molecule has 1 spiro atoms. The number of aliphatic hydroxyl groups excluding tert-OH is 1. The van der Waals surface area contributed by atoms with Gasteiger partial charge in [-0.25, -0.2) is 0 Å². The Bertz CT molecular complexity index is 1580. The van der Waals surface area contributed by atoms with Gasteiger partial charge in [0.2, 0.25) is 17.7 Å². The predicted molar refractivity (Wildman–Crippen MR) is 199 cm³/mol. The third kappa shape index (κ3) is 7.46. The normalized spacial score (nSPS) is 25.5. The Kier molecular flexibility index (Phi) is 12.8. The van der Waals surface area contributed by atoms with Crippen LogP contribution in [0.3, 0.4) is 0 Å². The van der Waals surface area contributed by atoms with Crippen molar-refractivity contribution in [3.05, 3.63) is 97.1 Å². The third-order valence-corrected chi connectivity index (χ3v) is 11.4. The van der Waals surface area contributed by atoms with Crippen LogP contribution < -0.4 is 0 Å². The highest BCUT2D eigenvalue weighted by molar-refractivity contribution is 5.98. The smallest absolute Gasteiger partial charge is 0.313 e. The number of fused-ring (bicyclic) bond motifs is 1. The van der Waals surface area contributed by atoms with E-state index in [-0.39, 0.29) is 43.3 Å². The van der Waals surface area contributed by atoms with E-state index in [1.807, 2.05) is 74.5 Å². The van der Waals surface area contributed by atoms with Crippen LogP contribution in [0.4, 0.5) is 0 Å². The zero-order valence-corrected chi connectivity index (χ0v) is 31.1. The molecule has 2 aromatic carbocycles. The number of hydrogen-bond acceptors (Lipinski definition) is 7. The standard InChI is InChI=1S/C42H55N3O7/c1-7-10-22-34(47)43(6)29(5)37(31-20-15-12-16-21-31)51-41(50)35-33-23-24-42(52-33)36(35)39(48)45(32(27-46)26-30-18-13-11-14-19-30)38(42)40(49)44(25-9-3)28(4)17-8-2/h7,9,11-16,18-21,28-29,32-33,35-38,46H,1,3,8,10,17,22-27H2,2,4-6H3/t28?,29-,32-,33+,35-,36-,37+,38+,42-/m1/s1. The summed E-state index contributed by atoms with van der Waals surface area (Å²) in [5.74, 6) is -3.32. The van der Waals surface area contributed by atoms with E-state index in [0.29, 0.717) is 31.2 Å². The molecule has 3 aliphatic rings. The van der Waals surface area contributed by atoms with E-state index in [1.54, 1.807) is 29.0 Å². The van der Waals surface area contributed by atoms with Crippen LogP contribution in [-0.4, -0.2) is 99.6 Å². The maximum atomic E-state index is 14.9. The molecule has 3 fully saturated rings. The lowest BCUT2D eigenvalue weighted by Gasteiger charge is -2.41. The van der Waals surface area contributed by atoms with Crippen LogP contribution in [0.15, 0.2) is 86.0 Å². The number of allylic oxidation sites excluding steroid dienone is 1. The lowest BCUT2D eigenvalue weighted by molar-refractivity contribution is -0.165. The number of likely N-dealkylation sites (tertiary alicyclic amines) is 1. The van der Waals surface area contributed by atoms with E-state index in [9.17, 15) is 24.3 Å². The second kappa shape index (κ2) is 17.0. The first-order valence-corrected chi connectivity index (χ1v) is 18.7. The van der Waals surface area contributed by atoms with Crippen LogP contribution in [0.1, 0.15) is 76.5 Å². The Hall–Kier alpha value is -4.28.